The highest BCUT2D eigenvalue weighted by Gasteiger charge is 2.19. The second-order valence-electron chi connectivity index (χ2n) is 5.48. The third kappa shape index (κ3) is 3.89. The van der Waals surface area contributed by atoms with Crippen LogP contribution in [0.3, 0.4) is 0 Å². The van der Waals surface area contributed by atoms with Crippen molar-refractivity contribution in [2.45, 2.75) is 13.5 Å². The maximum atomic E-state index is 10.0. The minimum atomic E-state index is -1.34. The molecule has 0 saturated carbocycles. The SMILES string of the molecule is Cc1ccc(O)c(CO[Si](c2ccccc2)c2ccccc2)c1. The summed E-state index contributed by atoms with van der Waals surface area (Å²) in [5.41, 5.74) is 1.95. The highest BCUT2D eigenvalue weighted by molar-refractivity contribution is 6.80. The van der Waals surface area contributed by atoms with E-state index in [1.54, 1.807) is 6.07 Å². The molecule has 0 aliphatic rings. The van der Waals surface area contributed by atoms with E-state index in [0.29, 0.717) is 6.61 Å². The molecule has 0 saturated heterocycles. The van der Waals surface area contributed by atoms with Gasteiger partial charge in [-0.1, -0.05) is 78.4 Å². The molecule has 0 atom stereocenters. The van der Waals surface area contributed by atoms with Gasteiger partial charge in [-0.05, 0) is 23.4 Å². The zero-order valence-corrected chi connectivity index (χ0v) is 14.1. The lowest BCUT2D eigenvalue weighted by molar-refractivity contribution is 0.313. The van der Waals surface area contributed by atoms with Crippen molar-refractivity contribution < 1.29 is 9.53 Å². The molecule has 3 aromatic rings. The first-order valence-electron chi connectivity index (χ1n) is 7.63. The van der Waals surface area contributed by atoms with Crippen molar-refractivity contribution in [3.63, 3.8) is 0 Å². The molecule has 0 spiro atoms. The van der Waals surface area contributed by atoms with Crippen LogP contribution in [0.1, 0.15) is 11.1 Å². The van der Waals surface area contributed by atoms with Crippen molar-refractivity contribution in [1.29, 1.82) is 0 Å². The summed E-state index contributed by atoms with van der Waals surface area (Å²) < 4.78 is 6.28. The van der Waals surface area contributed by atoms with Gasteiger partial charge in [-0.3, -0.25) is 0 Å². The smallest absolute Gasteiger partial charge is 0.283 e. The standard InChI is InChI=1S/C20H19O2Si/c1-16-12-13-20(21)17(14-16)15-22-23(18-8-4-2-5-9-18)19-10-6-3-7-11-19/h2-14,21H,15H2,1H3. The molecule has 115 valence electrons. The van der Waals surface area contributed by atoms with Crippen LogP contribution >= 0.6 is 0 Å². The zero-order valence-electron chi connectivity index (χ0n) is 13.1. The third-order valence-corrected chi connectivity index (χ3v) is 5.83. The lowest BCUT2D eigenvalue weighted by atomic mass is 10.1. The van der Waals surface area contributed by atoms with Gasteiger partial charge in [0.2, 0.25) is 0 Å². The summed E-state index contributed by atoms with van der Waals surface area (Å²) in [6.07, 6.45) is 0. The Hall–Kier alpha value is -2.36. The summed E-state index contributed by atoms with van der Waals surface area (Å²) in [7, 11) is -1.34. The summed E-state index contributed by atoms with van der Waals surface area (Å²) in [4.78, 5) is 0. The van der Waals surface area contributed by atoms with E-state index in [4.69, 9.17) is 4.43 Å². The average Bonchev–Trinajstić information content (AvgIpc) is 2.60. The van der Waals surface area contributed by atoms with E-state index < -0.39 is 9.04 Å². The Morgan fingerprint density at radius 2 is 1.39 bits per heavy atom. The van der Waals surface area contributed by atoms with Gasteiger partial charge in [0.1, 0.15) is 5.75 Å². The number of hydrogen-bond acceptors (Lipinski definition) is 2. The van der Waals surface area contributed by atoms with E-state index in [9.17, 15) is 5.11 Å². The fourth-order valence-electron chi connectivity index (χ4n) is 2.49. The van der Waals surface area contributed by atoms with Gasteiger partial charge in [0.25, 0.3) is 9.04 Å². The van der Waals surface area contributed by atoms with E-state index in [0.717, 1.165) is 11.1 Å². The van der Waals surface area contributed by atoms with E-state index in [1.807, 2.05) is 55.5 Å². The molecule has 0 bridgehead atoms. The van der Waals surface area contributed by atoms with Crippen molar-refractivity contribution in [2.24, 2.45) is 0 Å². The molecule has 0 heterocycles. The van der Waals surface area contributed by atoms with Crippen LogP contribution in [0, 0.1) is 6.92 Å². The highest BCUT2D eigenvalue weighted by atomic mass is 28.3. The van der Waals surface area contributed by atoms with Gasteiger partial charge >= 0.3 is 0 Å². The van der Waals surface area contributed by atoms with Gasteiger partial charge in [0.05, 0.1) is 6.61 Å². The molecule has 3 heteroatoms. The maximum Gasteiger partial charge on any atom is 0.283 e. The highest BCUT2D eigenvalue weighted by Crippen LogP contribution is 2.19. The Labute approximate surface area is 138 Å². The van der Waals surface area contributed by atoms with Crippen LogP contribution in [0.5, 0.6) is 5.75 Å². The molecule has 0 aromatic heterocycles. The van der Waals surface area contributed by atoms with Crippen molar-refractivity contribution in [2.75, 3.05) is 0 Å². The Morgan fingerprint density at radius 1 is 0.826 bits per heavy atom. The largest absolute Gasteiger partial charge is 0.508 e. The van der Waals surface area contributed by atoms with Crippen LogP contribution < -0.4 is 10.4 Å². The number of phenolic OH excluding ortho intramolecular Hbond substituents is 1. The van der Waals surface area contributed by atoms with Crippen molar-refractivity contribution >= 4 is 19.4 Å². The molecule has 0 aliphatic heterocycles. The van der Waals surface area contributed by atoms with Crippen LogP contribution in [-0.2, 0) is 11.0 Å². The number of aryl methyl sites for hydroxylation is 1. The quantitative estimate of drug-likeness (QED) is 0.733. The molecule has 0 fully saturated rings. The average molecular weight is 319 g/mol. The summed E-state index contributed by atoms with van der Waals surface area (Å²) in [5.74, 6) is 0.290. The van der Waals surface area contributed by atoms with Crippen LogP contribution in [0.2, 0.25) is 0 Å². The molecule has 0 amide bonds. The molecule has 0 unspecified atom stereocenters. The Bertz CT molecular complexity index is 718. The number of hydrogen-bond donors (Lipinski definition) is 1. The lowest BCUT2D eigenvalue weighted by Crippen LogP contribution is -2.44. The molecule has 1 radical (unpaired) electrons. The summed E-state index contributed by atoms with van der Waals surface area (Å²) in [6.45, 7) is 2.43. The fraction of sp³-hybridized carbons (Fsp3) is 0.100. The van der Waals surface area contributed by atoms with Crippen molar-refractivity contribution in [1.82, 2.24) is 0 Å². The fourth-order valence-corrected chi connectivity index (χ4v) is 4.45. The monoisotopic (exact) mass is 319 g/mol. The zero-order chi connectivity index (χ0) is 16.1. The van der Waals surface area contributed by atoms with Crippen LogP contribution in [0.25, 0.3) is 0 Å². The Balaban J connectivity index is 1.86. The van der Waals surface area contributed by atoms with Gasteiger partial charge in [-0.2, -0.15) is 0 Å². The Morgan fingerprint density at radius 3 is 1.96 bits per heavy atom. The van der Waals surface area contributed by atoms with Gasteiger partial charge in [0, 0.05) is 5.56 Å². The van der Waals surface area contributed by atoms with Crippen molar-refractivity contribution in [3.05, 3.63) is 90.0 Å². The first-order chi connectivity index (χ1) is 11.2. The first kappa shape index (κ1) is 15.5. The summed E-state index contributed by atoms with van der Waals surface area (Å²) in [5, 5.41) is 12.4. The number of aromatic hydroxyl groups is 1. The molecular weight excluding hydrogens is 300 g/mol. The molecule has 0 aliphatic carbocycles. The molecule has 2 nitrogen and oxygen atoms in total. The normalized spacial score (nSPS) is 10.9. The van der Waals surface area contributed by atoms with Gasteiger partial charge in [-0.25, -0.2) is 0 Å². The van der Waals surface area contributed by atoms with E-state index in [2.05, 4.69) is 24.3 Å². The van der Waals surface area contributed by atoms with E-state index in [1.165, 1.54) is 10.4 Å². The van der Waals surface area contributed by atoms with Gasteiger partial charge in [-0.15, -0.1) is 0 Å². The number of benzene rings is 3. The maximum absolute atomic E-state index is 10.0. The lowest BCUT2D eigenvalue weighted by Gasteiger charge is -2.17. The van der Waals surface area contributed by atoms with Crippen LogP contribution in [-0.4, -0.2) is 14.1 Å². The predicted molar refractivity (Wildman–Crippen MR) is 95.5 cm³/mol. The second-order valence-corrected chi connectivity index (χ2v) is 7.58. The first-order valence-corrected chi connectivity index (χ1v) is 9.04. The minimum Gasteiger partial charge on any atom is -0.508 e. The second kappa shape index (κ2) is 7.27. The van der Waals surface area contributed by atoms with Gasteiger partial charge in [0.15, 0.2) is 0 Å². The van der Waals surface area contributed by atoms with Crippen molar-refractivity contribution in [3.8, 4) is 5.75 Å². The Kier molecular flexibility index (Phi) is 4.91. The van der Waals surface area contributed by atoms with E-state index in [-0.39, 0.29) is 5.75 Å². The molecule has 23 heavy (non-hydrogen) atoms. The molecular formula is C20H19O2Si. The van der Waals surface area contributed by atoms with Crippen LogP contribution in [0.4, 0.5) is 0 Å². The van der Waals surface area contributed by atoms with E-state index >= 15 is 0 Å². The topological polar surface area (TPSA) is 29.5 Å². The summed E-state index contributed by atoms with van der Waals surface area (Å²) in [6, 6.07) is 26.2. The molecule has 3 rings (SSSR count). The van der Waals surface area contributed by atoms with Crippen LogP contribution in [0.15, 0.2) is 78.9 Å². The summed E-state index contributed by atoms with van der Waals surface area (Å²) >= 11 is 0. The van der Waals surface area contributed by atoms with Gasteiger partial charge < -0.3 is 9.53 Å². The third-order valence-electron chi connectivity index (χ3n) is 3.68. The number of phenols is 1. The predicted octanol–water partition coefficient (Wildman–Crippen LogP) is 3.02. The minimum absolute atomic E-state index is 0.290. The number of rotatable bonds is 5. The molecule has 3 aromatic carbocycles. The molecule has 1 N–H and O–H groups in total.